The lowest BCUT2D eigenvalue weighted by Gasteiger charge is -2.10. The van der Waals surface area contributed by atoms with E-state index in [-0.39, 0.29) is 12.3 Å². The Kier molecular flexibility index (Phi) is 4.86. The van der Waals surface area contributed by atoms with Gasteiger partial charge in [-0.15, -0.1) is 0 Å². The summed E-state index contributed by atoms with van der Waals surface area (Å²) in [6.45, 7) is 0.222. The van der Waals surface area contributed by atoms with Gasteiger partial charge in [0.1, 0.15) is 5.75 Å². The minimum Gasteiger partial charge on any atom is -0.507 e. The highest BCUT2D eigenvalue weighted by Gasteiger charge is 2.15. The van der Waals surface area contributed by atoms with E-state index >= 15 is 0 Å². The number of amides is 2. The second kappa shape index (κ2) is 7.23. The summed E-state index contributed by atoms with van der Waals surface area (Å²) in [6.07, 6.45) is 0. The van der Waals surface area contributed by atoms with Crippen molar-refractivity contribution in [3.8, 4) is 5.75 Å². The van der Waals surface area contributed by atoms with Crippen LogP contribution in [0.1, 0.15) is 5.56 Å². The minimum atomic E-state index is -0.773. The number of carbonyl (C=O) groups is 2. The van der Waals surface area contributed by atoms with Crippen LogP contribution in [0.25, 0.3) is 10.8 Å². The monoisotopic (exact) mass is 354 g/mol. The smallest absolute Gasteiger partial charge is 0.313 e. The van der Waals surface area contributed by atoms with E-state index in [0.717, 1.165) is 5.56 Å². The first kappa shape index (κ1) is 16.8. The first-order valence-corrected chi connectivity index (χ1v) is 7.97. The molecule has 5 nitrogen and oxygen atoms in total. The van der Waals surface area contributed by atoms with Crippen molar-refractivity contribution in [1.29, 1.82) is 0 Å². The lowest BCUT2D eigenvalue weighted by molar-refractivity contribution is -0.136. The molecule has 0 fully saturated rings. The lowest BCUT2D eigenvalue weighted by Crippen LogP contribution is -2.35. The van der Waals surface area contributed by atoms with Gasteiger partial charge in [-0.05, 0) is 29.8 Å². The zero-order valence-electron chi connectivity index (χ0n) is 13.1. The average molecular weight is 355 g/mol. The van der Waals surface area contributed by atoms with Crippen molar-refractivity contribution < 1.29 is 14.7 Å². The molecule has 3 aromatic rings. The van der Waals surface area contributed by atoms with Gasteiger partial charge in [-0.3, -0.25) is 9.59 Å². The Hall–Kier alpha value is -3.05. The maximum absolute atomic E-state index is 12.1. The summed E-state index contributed by atoms with van der Waals surface area (Å²) in [5.41, 5.74) is 1.29. The van der Waals surface area contributed by atoms with Crippen molar-refractivity contribution >= 4 is 39.9 Å². The molecule has 0 saturated carbocycles. The summed E-state index contributed by atoms with van der Waals surface area (Å²) in [5.74, 6) is -1.40. The zero-order chi connectivity index (χ0) is 17.8. The van der Waals surface area contributed by atoms with Gasteiger partial charge in [0, 0.05) is 28.0 Å². The van der Waals surface area contributed by atoms with Gasteiger partial charge >= 0.3 is 11.8 Å². The SMILES string of the molecule is O=C(NCc1ccc(Cl)cc1)C(=O)Nc1cccc2c(O)cccc12. The van der Waals surface area contributed by atoms with Crippen molar-refractivity contribution in [3.63, 3.8) is 0 Å². The Balaban J connectivity index is 1.68. The molecule has 2 amide bonds. The van der Waals surface area contributed by atoms with E-state index in [1.807, 2.05) is 0 Å². The number of anilines is 1. The number of carbonyl (C=O) groups excluding carboxylic acids is 2. The molecule has 0 aliphatic heterocycles. The number of rotatable bonds is 3. The molecule has 25 heavy (non-hydrogen) atoms. The molecule has 0 heterocycles. The normalized spacial score (nSPS) is 10.4. The van der Waals surface area contributed by atoms with Crippen LogP contribution in [-0.4, -0.2) is 16.9 Å². The van der Waals surface area contributed by atoms with Crippen LogP contribution in [-0.2, 0) is 16.1 Å². The topological polar surface area (TPSA) is 78.4 Å². The molecule has 6 heteroatoms. The molecular formula is C19H15ClN2O3. The van der Waals surface area contributed by atoms with Crippen molar-refractivity contribution in [1.82, 2.24) is 5.32 Å². The predicted molar refractivity (Wildman–Crippen MR) is 97.5 cm³/mol. The Morgan fingerprint density at radius 1 is 0.880 bits per heavy atom. The van der Waals surface area contributed by atoms with Crippen LogP contribution in [0.15, 0.2) is 60.7 Å². The van der Waals surface area contributed by atoms with Crippen LogP contribution < -0.4 is 10.6 Å². The van der Waals surface area contributed by atoms with Crippen LogP contribution in [0.3, 0.4) is 0 Å². The van der Waals surface area contributed by atoms with E-state index in [9.17, 15) is 14.7 Å². The third-order valence-electron chi connectivity index (χ3n) is 3.72. The molecule has 0 aliphatic rings. The fourth-order valence-corrected chi connectivity index (χ4v) is 2.57. The summed E-state index contributed by atoms with van der Waals surface area (Å²) in [4.78, 5) is 24.1. The Morgan fingerprint density at radius 2 is 1.56 bits per heavy atom. The minimum absolute atomic E-state index is 0.112. The number of nitrogens with one attached hydrogen (secondary N) is 2. The Labute approximate surface area is 149 Å². The fourth-order valence-electron chi connectivity index (χ4n) is 2.45. The standard InChI is InChI=1S/C19H15ClN2O3/c20-13-9-7-12(8-10-13)11-21-18(24)19(25)22-16-5-1-4-15-14(16)3-2-6-17(15)23/h1-10,23H,11H2,(H,21,24)(H,22,25). The Morgan fingerprint density at radius 3 is 2.32 bits per heavy atom. The molecule has 0 aromatic heterocycles. The molecular weight excluding hydrogens is 340 g/mol. The molecule has 126 valence electrons. The number of benzene rings is 3. The van der Waals surface area contributed by atoms with E-state index in [0.29, 0.717) is 21.5 Å². The highest BCUT2D eigenvalue weighted by Crippen LogP contribution is 2.29. The van der Waals surface area contributed by atoms with Crippen molar-refractivity contribution in [2.24, 2.45) is 0 Å². The fraction of sp³-hybridized carbons (Fsp3) is 0.0526. The van der Waals surface area contributed by atoms with Gasteiger partial charge in [0.2, 0.25) is 0 Å². The first-order valence-electron chi connectivity index (χ1n) is 7.59. The first-order chi connectivity index (χ1) is 12.0. The maximum atomic E-state index is 12.1. The number of fused-ring (bicyclic) bond motifs is 1. The third kappa shape index (κ3) is 3.89. The average Bonchev–Trinajstić information content (AvgIpc) is 2.62. The predicted octanol–water partition coefficient (Wildman–Crippen LogP) is 3.45. The molecule has 0 bridgehead atoms. The quantitative estimate of drug-likeness (QED) is 0.630. The summed E-state index contributed by atoms with van der Waals surface area (Å²) in [5, 5.41) is 16.9. The highest BCUT2D eigenvalue weighted by molar-refractivity contribution is 6.40. The van der Waals surface area contributed by atoms with E-state index in [1.54, 1.807) is 60.7 Å². The zero-order valence-corrected chi connectivity index (χ0v) is 13.9. The van der Waals surface area contributed by atoms with Gasteiger partial charge in [-0.2, -0.15) is 0 Å². The molecule has 0 spiro atoms. The van der Waals surface area contributed by atoms with Crippen LogP contribution in [0, 0.1) is 0 Å². The lowest BCUT2D eigenvalue weighted by atomic mass is 10.1. The van der Waals surface area contributed by atoms with Crippen LogP contribution >= 0.6 is 11.6 Å². The second-order valence-corrected chi connectivity index (χ2v) is 5.88. The molecule has 0 atom stereocenters. The number of halogens is 1. The largest absolute Gasteiger partial charge is 0.507 e. The summed E-state index contributed by atoms with van der Waals surface area (Å²) in [7, 11) is 0. The van der Waals surface area contributed by atoms with Crippen molar-refractivity contribution in [3.05, 3.63) is 71.2 Å². The molecule has 3 rings (SSSR count). The molecule has 0 unspecified atom stereocenters. The number of phenolic OH excluding ortho intramolecular Hbond substituents is 1. The number of hydrogen-bond acceptors (Lipinski definition) is 3. The van der Waals surface area contributed by atoms with Crippen LogP contribution in [0.4, 0.5) is 5.69 Å². The van der Waals surface area contributed by atoms with E-state index in [2.05, 4.69) is 10.6 Å². The summed E-state index contributed by atoms with van der Waals surface area (Å²) in [6, 6.07) is 17.1. The number of aromatic hydroxyl groups is 1. The Bertz CT molecular complexity index is 939. The summed E-state index contributed by atoms with van der Waals surface area (Å²) < 4.78 is 0. The van der Waals surface area contributed by atoms with Gasteiger partial charge in [-0.25, -0.2) is 0 Å². The van der Waals surface area contributed by atoms with Gasteiger partial charge < -0.3 is 15.7 Å². The molecule has 3 aromatic carbocycles. The second-order valence-electron chi connectivity index (χ2n) is 5.44. The van der Waals surface area contributed by atoms with Crippen LogP contribution in [0.2, 0.25) is 5.02 Å². The molecule has 0 aliphatic carbocycles. The highest BCUT2D eigenvalue weighted by atomic mass is 35.5. The van der Waals surface area contributed by atoms with Gasteiger partial charge in [0.25, 0.3) is 0 Å². The molecule has 0 saturated heterocycles. The van der Waals surface area contributed by atoms with Crippen molar-refractivity contribution in [2.75, 3.05) is 5.32 Å². The number of phenols is 1. The van der Waals surface area contributed by atoms with E-state index < -0.39 is 11.8 Å². The van der Waals surface area contributed by atoms with Gasteiger partial charge in [-0.1, -0.05) is 48.0 Å². The van der Waals surface area contributed by atoms with Crippen LogP contribution in [0.5, 0.6) is 5.75 Å². The maximum Gasteiger partial charge on any atom is 0.313 e. The van der Waals surface area contributed by atoms with Gasteiger partial charge in [0.05, 0.1) is 0 Å². The number of hydrogen-bond donors (Lipinski definition) is 3. The van der Waals surface area contributed by atoms with Gasteiger partial charge in [0.15, 0.2) is 0 Å². The molecule has 0 radical (unpaired) electrons. The van der Waals surface area contributed by atoms with E-state index in [4.69, 9.17) is 11.6 Å². The van der Waals surface area contributed by atoms with E-state index in [1.165, 1.54) is 0 Å². The molecule has 3 N–H and O–H groups in total. The third-order valence-corrected chi connectivity index (χ3v) is 3.97. The summed E-state index contributed by atoms with van der Waals surface area (Å²) >= 11 is 5.80. The van der Waals surface area contributed by atoms with Crippen molar-refractivity contribution in [2.45, 2.75) is 6.54 Å².